The van der Waals surface area contributed by atoms with Crippen molar-refractivity contribution in [3.63, 3.8) is 0 Å². The molecular weight excluding hydrogens is 196 g/mol. The Hall–Kier alpha value is -1.91. The van der Waals surface area contributed by atoms with Crippen LogP contribution in [0.2, 0.25) is 0 Å². The summed E-state index contributed by atoms with van der Waals surface area (Å²) in [7, 11) is 0. The molecule has 0 spiro atoms. The van der Waals surface area contributed by atoms with Crippen molar-refractivity contribution in [3.05, 3.63) is 35.2 Å². The molecule has 0 N–H and O–H groups in total. The van der Waals surface area contributed by atoms with Crippen LogP contribution in [0, 0.1) is 4.91 Å². The van der Waals surface area contributed by atoms with Crippen LogP contribution in [0.3, 0.4) is 0 Å². The maximum atomic E-state index is 10.5. The standard InChI is InChI=1S/C10H12N2O3/c1-9(13)15-8-7-12(11-14)10-5-3-2-4-6-10/h2-6H,7-8H2,1H3. The molecule has 0 aliphatic rings. The number of nitroso groups, excluding NO2 is 1. The van der Waals surface area contributed by atoms with E-state index in [2.05, 4.69) is 5.29 Å². The molecule has 1 aromatic carbocycles. The van der Waals surface area contributed by atoms with Crippen molar-refractivity contribution in [2.24, 2.45) is 5.29 Å². The third-order valence-electron chi connectivity index (χ3n) is 1.76. The molecule has 5 heteroatoms. The van der Waals surface area contributed by atoms with Gasteiger partial charge in [-0.2, -0.15) is 0 Å². The summed E-state index contributed by atoms with van der Waals surface area (Å²) >= 11 is 0. The molecule has 0 saturated carbocycles. The molecule has 1 aromatic rings. The largest absolute Gasteiger partial charge is 0.464 e. The SMILES string of the molecule is CC(=O)OCCN(N=O)c1ccccc1. The summed E-state index contributed by atoms with van der Waals surface area (Å²) in [4.78, 5) is 21.0. The Labute approximate surface area is 87.6 Å². The molecule has 0 unspecified atom stereocenters. The van der Waals surface area contributed by atoms with Gasteiger partial charge in [0.1, 0.15) is 6.61 Å². The zero-order chi connectivity index (χ0) is 11.1. The van der Waals surface area contributed by atoms with Crippen molar-refractivity contribution in [2.45, 2.75) is 6.92 Å². The Balaban J connectivity index is 2.50. The lowest BCUT2D eigenvalue weighted by Crippen LogP contribution is -2.21. The van der Waals surface area contributed by atoms with Gasteiger partial charge in [0.2, 0.25) is 0 Å². The smallest absolute Gasteiger partial charge is 0.302 e. The fourth-order valence-corrected chi connectivity index (χ4v) is 1.09. The van der Waals surface area contributed by atoms with Gasteiger partial charge in [-0.1, -0.05) is 18.2 Å². The highest BCUT2D eigenvalue weighted by Crippen LogP contribution is 2.12. The minimum absolute atomic E-state index is 0.149. The van der Waals surface area contributed by atoms with E-state index in [1.165, 1.54) is 11.9 Å². The number of esters is 1. The van der Waals surface area contributed by atoms with Gasteiger partial charge in [0.15, 0.2) is 0 Å². The Kier molecular flexibility index (Phi) is 4.28. The molecule has 0 radical (unpaired) electrons. The maximum absolute atomic E-state index is 10.5. The van der Waals surface area contributed by atoms with Gasteiger partial charge in [0, 0.05) is 6.92 Å². The summed E-state index contributed by atoms with van der Waals surface area (Å²) in [6, 6.07) is 8.97. The summed E-state index contributed by atoms with van der Waals surface area (Å²) in [5.74, 6) is -0.367. The molecule has 0 aliphatic heterocycles. The normalized spacial score (nSPS) is 9.40. The zero-order valence-corrected chi connectivity index (χ0v) is 8.42. The first-order chi connectivity index (χ1) is 7.24. The van der Waals surface area contributed by atoms with Gasteiger partial charge in [-0.15, -0.1) is 4.91 Å². The van der Waals surface area contributed by atoms with Gasteiger partial charge < -0.3 is 4.74 Å². The first-order valence-corrected chi connectivity index (χ1v) is 4.53. The molecule has 0 amide bonds. The van der Waals surface area contributed by atoms with E-state index < -0.39 is 0 Å². The van der Waals surface area contributed by atoms with E-state index in [0.717, 1.165) is 0 Å². The number of nitrogens with zero attached hydrogens (tertiary/aromatic N) is 2. The minimum atomic E-state index is -0.367. The second-order valence-electron chi connectivity index (χ2n) is 2.88. The molecule has 0 heterocycles. The number of anilines is 1. The second kappa shape index (κ2) is 5.74. The van der Waals surface area contributed by atoms with Gasteiger partial charge in [-0.05, 0) is 12.1 Å². The fourth-order valence-electron chi connectivity index (χ4n) is 1.09. The van der Waals surface area contributed by atoms with Crippen LogP contribution in [0.25, 0.3) is 0 Å². The molecule has 5 nitrogen and oxygen atoms in total. The highest BCUT2D eigenvalue weighted by atomic mass is 16.5. The van der Waals surface area contributed by atoms with Crippen molar-refractivity contribution >= 4 is 11.7 Å². The number of hydrogen-bond donors (Lipinski definition) is 0. The predicted octanol–water partition coefficient (Wildman–Crippen LogP) is 1.74. The number of hydrogen-bond acceptors (Lipinski definition) is 4. The molecule has 0 atom stereocenters. The average molecular weight is 208 g/mol. The van der Waals surface area contributed by atoms with Crippen molar-refractivity contribution in [2.75, 3.05) is 18.2 Å². The van der Waals surface area contributed by atoms with E-state index in [9.17, 15) is 9.70 Å². The monoisotopic (exact) mass is 208 g/mol. The fraction of sp³-hybridized carbons (Fsp3) is 0.300. The molecule has 80 valence electrons. The molecule has 1 rings (SSSR count). The number of benzene rings is 1. The Morgan fingerprint density at radius 3 is 2.60 bits per heavy atom. The number of ether oxygens (including phenoxy) is 1. The highest BCUT2D eigenvalue weighted by molar-refractivity contribution is 5.65. The van der Waals surface area contributed by atoms with Crippen LogP contribution in [0.4, 0.5) is 5.69 Å². The number of carbonyl (C=O) groups excluding carboxylic acids is 1. The van der Waals surface area contributed by atoms with Gasteiger partial charge in [0.25, 0.3) is 0 Å². The Bertz CT molecular complexity index is 327. The van der Waals surface area contributed by atoms with Gasteiger partial charge in [0.05, 0.1) is 17.5 Å². The van der Waals surface area contributed by atoms with Gasteiger partial charge in [-0.25, -0.2) is 5.01 Å². The second-order valence-corrected chi connectivity index (χ2v) is 2.88. The van der Waals surface area contributed by atoms with Crippen LogP contribution in [-0.2, 0) is 9.53 Å². The Morgan fingerprint density at radius 2 is 2.07 bits per heavy atom. The van der Waals surface area contributed by atoms with Crippen LogP contribution < -0.4 is 5.01 Å². The third-order valence-corrected chi connectivity index (χ3v) is 1.76. The third kappa shape index (κ3) is 3.76. The zero-order valence-electron chi connectivity index (χ0n) is 8.42. The summed E-state index contributed by atoms with van der Waals surface area (Å²) < 4.78 is 4.72. The van der Waals surface area contributed by atoms with E-state index in [-0.39, 0.29) is 19.1 Å². The lowest BCUT2D eigenvalue weighted by Gasteiger charge is -2.14. The van der Waals surface area contributed by atoms with Crippen LogP contribution in [0.1, 0.15) is 6.92 Å². The van der Waals surface area contributed by atoms with E-state index >= 15 is 0 Å². The van der Waals surface area contributed by atoms with Crippen LogP contribution in [-0.4, -0.2) is 19.1 Å². The van der Waals surface area contributed by atoms with Crippen molar-refractivity contribution in [1.82, 2.24) is 0 Å². The van der Waals surface area contributed by atoms with Gasteiger partial charge in [-0.3, -0.25) is 4.79 Å². The molecule has 0 aliphatic carbocycles. The first-order valence-electron chi connectivity index (χ1n) is 4.53. The first kappa shape index (κ1) is 11.2. The lowest BCUT2D eigenvalue weighted by atomic mass is 10.3. The average Bonchev–Trinajstić information content (AvgIpc) is 2.25. The van der Waals surface area contributed by atoms with E-state index in [1.54, 1.807) is 24.3 Å². The van der Waals surface area contributed by atoms with E-state index in [1.807, 2.05) is 6.07 Å². The van der Waals surface area contributed by atoms with Gasteiger partial charge >= 0.3 is 5.97 Å². The summed E-state index contributed by atoms with van der Waals surface area (Å²) in [6.07, 6.45) is 0. The van der Waals surface area contributed by atoms with Crippen LogP contribution in [0.5, 0.6) is 0 Å². The lowest BCUT2D eigenvalue weighted by molar-refractivity contribution is -0.140. The quantitative estimate of drug-likeness (QED) is 0.420. The van der Waals surface area contributed by atoms with Crippen LogP contribution in [0.15, 0.2) is 35.6 Å². The van der Waals surface area contributed by atoms with E-state index in [0.29, 0.717) is 5.69 Å². The molecular formula is C10H12N2O3. The summed E-state index contributed by atoms with van der Waals surface area (Å²) in [5, 5.41) is 4.09. The topological polar surface area (TPSA) is 59.0 Å². The molecule has 0 bridgehead atoms. The van der Waals surface area contributed by atoms with E-state index in [4.69, 9.17) is 4.74 Å². The van der Waals surface area contributed by atoms with Crippen molar-refractivity contribution in [1.29, 1.82) is 0 Å². The number of rotatable bonds is 5. The van der Waals surface area contributed by atoms with Crippen molar-refractivity contribution < 1.29 is 9.53 Å². The molecule has 0 fully saturated rings. The van der Waals surface area contributed by atoms with Crippen molar-refractivity contribution in [3.8, 4) is 0 Å². The Morgan fingerprint density at radius 1 is 1.40 bits per heavy atom. The predicted molar refractivity (Wildman–Crippen MR) is 56.2 cm³/mol. The molecule has 15 heavy (non-hydrogen) atoms. The molecule has 0 aromatic heterocycles. The highest BCUT2D eigenvalue weighted by Gasteiger charge is 2.05. The maximum Gasteiger partial charge on any atom is 0.302 e. The summed E-state index contributed by atoms with van der Waals surface area (Å²) in [6.45, 7) is 1.73. The summed E-state index contributed by atoms with van der Waals surface area (Å²) in [5.41, 5.74) is 0.680. The minimum Gasteiger partial charge on any atom is -0.464 e. The number of para-hydroxylation sites is 1. The van der Waals surface area contributed by atoms with Crippen LogP contribution >= 0.6 is 0 Å². The number of carbonyl (C=O) groups is 1. The molecule has 0 saturated heterocycles.